The Bertz CT molecular complexity index is 853. The SMILES string of the molecule is CC(CCCCC(O)CCCCC(C)(CC(=O)O)c1ccccc1)(COC=O)c1ccccc1. The third-order valence-electron chi connectivity index (χ3n) is 6.98. The predicted molar refractivity (Wildman–Crippen MR) is 135 cm³/mol. The Kier molecular flexibility index (Phi) is 11.3. The summed E-state index contributed by atoms with van der Waals surface area (Å²) in [6.45, 7) is 4.98. The lowest BCUT2D eigenvalue weighted by molar-refractivity contribution is -0.138. The monoisotopic (exact) mass is 468 g/mol. The molecule has 186 valence electrons. The molecule has 2 aromatic rings. The highest BCUT2D eigenvalue weighted by molar-refractivity contribution is 5.69. The lowest BCUT2D eigenvalue weighted by atomic mass is 9.75. The van der Waals surface area contributed by atoms with Crippen molar-refractivity contribution in [3.05, 3.63) is 71.8 Å². The van der Waals surface area contributed by atoms with Crippen LogP contribution in [0.2, 0.25) is 0 Å². The van der Waals surface area contributed by atoms with Crippen LogP contribution in [0.1, 0.15) is 82.8 Å². The van der Waals surface area contributed by atoms with Gasteiger partial charge in [0.2, 0.25) is 0 Å². The van der Waals surface area contributed by atoms with Crippen molar-refractivity contribution in [3.8, 4) is 0 Å². The topological polar surface area (TPSA) is 83.8 Å². The smallest absolute Gasteiger partial charge is 0.304 e. The molecular formula is C29H40O5. The maximum Gasteiger partial charge on any atom is 0.304 e. The van der Waals surface area contributed by atoms with E-state index in [0.29, 0.717) is 13.1 Å². The Hall–Kier alpha value is -2.66. The Balaban J connectivity index is 1.75. The van der Waals surface area contributed by atoms with Gasteiger partial charge in [-0.3, -0.25) is 9.59 Å². The molecular weight excluding hydrogens is 428 g/mol. The molecule has 0 heterocycles. The summed E-state index contributed by atoms with van der Waals surface area (Å²) in [5.41, 5.74) is 1.57. The number of carbonyl (C=O) groups excluding carboxylic acids is 1. The summed E-state index contributed by atoms with van der Waals surface area (Å²) < 4.78 is 5.11. The number of hydrogen-bond donors (Lipinski definition) is 2. The largest absolute Gasteiger partial charge is 0.481 e. The van der Waals surface area contributed by atoms with Crippen molar-refractivity contribution in [2.45, 2.75) is 88.6 Å². The molecule has 0 aliphatic heterocycles. The van der Waals surface area contributed by atoms with Gasteiger partial charge in [-0.1, -0.05) is 100 Å². The van der Waals surface area contributed by atoms with Gasteiger partial charge in [-0.2, -0.15) is 0 Å². The number of unbranched alkanes of at least 4 members (excludes halogenated alkanes) is 2. The maximum absolute atomic E-state index is 11.4. The van der Waals surface area contributed by atoms with Crippen molar-refractivity contribution in [3.63, 3.8) is 0 Å². The van der Waals surface area contributed by atoms with Gasteiger partial charge in [-0.25, -0.2) is 0 Å². The number of aliphatic hydroxyl groups excluding tert-OH is 1. The van der Waals surface area contributed by atoms with E-state index in [1.54, 1.807) is 0 Å². The summed E-state index contributed by atoms with van der Waals surface area (Å²) in [4.78, 5) is 22.2. The van der Waals surface area contributed by atoms with Crippen molar-refractivity contribution in [2.24, 2.45) is 0 Å². The summed E-state index contributed by atoms with van der Waals surface area (Å²) in [6.07, 6.45) is 6.48. The second-order valence-corrected chi connectivity index (χ2v) is 9.98. The fourth-order valence-corrected chi connectivity index (χ4v) is 4.80. The highest BCUT2D eigenvalue weighted by Gasteiger charge is 2.29. The van der Waals surface area contributed by atoms with Crippen LogP contribution in [0.15, 0.2) is 60.7 Å². The standard InChI is InChI=1S/C29H40O5/c1-28(21-27(32)33,24-13-5-3-6-14-24)19-11-9-17-26(31)18-10-12-20-29(2,22-34-23-30)25-15-7-4-8-16-25/h3-8,13-16,23,26,31H,9-12,17-22H2,1-2H3,(H,32,33). The van der Waals surface area contributed by atoms with E-state index in [2.05, 4.69) is 19.1 Å². The molecule has 0 aromatic heterocycles. The number of carbonyl (C=O) groups is 2. The van der Waals surface area contributed by atoms with Crippen LogP contribution in [0.4, 0.5) is 0 Å². The van der Waals surface area contributed by atoms with E-state index in [4.69, 9.17) is 4.74 Å². The average Bonchev–Trinajstić information content (AvgIpc) is 2.84. The third-order valence-corrected chi connectivity index (χ3v) is 6.98. The molecule has 5 nitrogen and oxygen atoms in total. The van der Waals surface area contributed by atoms with Crippen LogP contribution in [-0.4, -0.2) is 35.4 Å². The first-order valence-corrected chi connectivity index (χ1v) is 12.4. The van der Waals surface area contributed by atoms with Crippen molar-refractivity contribution in [1.82, 2.24) is 0 Å². The molecule has 0 saturated carbocycles. The molecule has 2 rings (SSSR count). The van der Waals surface area contributed by atoms with Crippen LogP contribution in [0.3, 0.4) is 0 Å². The Morgan fingerprint density at radius 1 is 0.853 bits per heavy atom. The van der Waals surface area contributed by atoms with E-state index in [-0.39, 0.29) is 17.9 Å². The molecule has 3 atom stereocenters. The average molecular weight is 469 g/mol. The Morgan fingerprint density at radius 3 is 1.79 bits per heavy atom. The van der Waals surface area contributed by atoms with Gasteiger partial charge < -0.3 is 14.9 Å². The first kappa shape index (κ1) is 27.6. The molecule has 0 spiro atoms. The molecule has 2 aromatic carbocycles. The highest BCUT2D eigenvalue weighted by Crippen LogP contribution is 2.34. The van der Waals surface area contributed by atoms with Gasteiger partial charge in [0.1, 0.15) is 6.61 Å². The van der Waals surface area contributed by atoms with Crippen molar-refractivity contribution < 1.29 is 24.5 Å². The van der Waals surface area contributed by atoms with Gasteiger partial charge in [0.05, 0.1) is 12.5 Å². The molecule has 0 saturated heterocycles. The second kappa shape index (κ2) is 13.9. The zero-order valence-electron chi connectivity index (χ0n) is 20.6. The van der Waals surface area contributed by atoms with Crippen LogP contribution < -0.4 is 0 Å². The molecule has 0 radical (unpaired) electrons. The first-order valence-electron chi connectivity index (χ1n) is 12.4. The molecule has 0 aliphatic carbocycles. The predicted octanol–water partition coefficient (Wildman–Crippen LogP) is 6.03. The number of benzene rings is 2. The minimum Gasteiger partial charge on any atom is -0.481 e. The summed E-state index contributed by atoms with van der Waals surface area (Å²) in [6, 6.07) is 20.0. The zero-order chi connectivity index (χ0) is 24.9. The van der Waals surface area contributed by atoms with Gasteiger partial charge in [0, 0.05) is 10.8 Å². The fraction of sp³-hybridized carbons (Fsp3) is 0.517. The van der Waals surface area contributed by atoms with Gasteiger partial charge in [0.25, 0.3) is 6.47 Å². The first-order chi connectivity index (χ1) is 16.3. The van der Waals surface area contributed by atoms with Crippen LogP contribution in [0.5, 0.6) is 0 Å². The molecule has 0 amide bonds. The maximum atomic E-state index is 11.4. The van der Waals surface area contributed by atoms with E-state index in [0.717, 1.165) is 62.5 Å². The van der Waals surface area contributed by atoms with Crippen molar-refractivity contribution in [2.75, 3.05) is 6.61 Å². The van der Waals surface area contributed by atoms with E-state index >= 15 is 0 Å². The molecule has 0 bridgehead atoms. The number of aliphatic hydroxyl groups is 1. The van der Waals surface area contributed by atoms with Crippen LogP contribution in [-0.2, 0) is 25.2 Å². The van der Waals surface area contributed by atoms with Gasteiger partial charge in [0.15, 0.2) is 0 Å². The lowest BCUT2D eigenvalue weighted by Gasteiger charge is -2.29. The van der Waals surface area contributed by atoms with Crippen LogP contribution in [0.25, 0.3) is 0 Å². The molecule has 0 aliphatic rings. The summed E-state index contributed by atoms with van der Waals surface area (Å²) in [5, 5.41) is 19.9. The van der Waals surface area contributed by atoms with Gasteiger partial charge in [-0.05, 0) is 36.8 Å². The molecule has 5 heteroatoms. The van der Waals surface area contributed by atoms with Crippen LogP contribution >= 0.6 is 0 Å². The quantitative estimate of drug-likeness (QED) is 0.219. The minimum absolute atomic E-state index is 0.105. The lowest BCUT2D eigenvalue weighted by Crippen LogP contribution is -2.28. The van der Waals surface area contributed by atoms with Crippen LogP contribution in [0, 0.1) is 0 Å². The normalized spacial score (nSPS) is 15.6. The molecule has 34 heavy (non-hydrogen) atoms. The second-order valence-electron chi connectivity index (χ2n) is 9.98. The van der Waals surface area contributed by atoms with E-state index in [1.165, 1.54) is 0 Å². The van der Waals surface area contributed by atoms with Crippen molar-refractivity contribution in [1.29, 1.82) is 0 Å². The number of hydrogen-bond acceptors (Lipinski definition) is 4. The summed E-state index contributed by atoms with van der Waals surface area (Å²) >= 11 is 0. The molecule has 3 unspecified atom stereocenters. The zero-order valence-corrected chi connectivity index (χ0v) is 20.6. The molecule has 0 fully saturated rings. The Labute approximate surface area is 204 Å². The number of ether oxygens (including phenoxy) is 1. The number of carboxylic acid groups (broad SMARTS) is 1. The van der Waals surface area contributed by atoms with Crippen molar-refractivity contribution >= 4 is 12.4 Å². The minimum atomic E-state index is -0.785. The van der Waals surface area contributed by atoms with E-state index in [9.17, 15) is 19.8 Å². The van der Waals surface area contributed by atoms with Gasteiger partial charge in [-0.15, -0.1) is 0 Å². The van der Waals surface area contributed by atoms with E-state index in [1.807, 2.05) is 55.5 Å². The molecule has 2 N–H and O–H groups in total. The summed E-state index contributed by atoms with van der Waals surface area (Å²) in [5.74, 6) is -0.785. The van der Waals surface area contributed by atoms with E-state index < -0.39 is 11.4 Å². The van der Waals surface area contributed by atoms with Gasteiger partial charge >= 0.3 is 5.97 Å². The third kappa shape index (κ3) is 8.94. The number of rotatable bonds is 17. The number of aliphatic carboxylic acids is 1. The Morgan fingerprint density at radius 2 is 1.32 bits per heavy atom. The summed E-state index contributed by atoms with van der Waals surface area (Å²) in [7, 11) is 0. The fourth-order valence-electron chi connectivity index (χ4n) is 4.80. The number of carboxylic acids is 1. The highest BCUT2D eigenvalue weighted by atomic mass is 16.5.